The van der Waals surface area contributed by atoms with Crippen LogP contribution in [0.15, 0.2) is 41.5 Å². The predicted octanol–water partition coefficient (Wildman–Crippen LogP) is 9.04. The minimum Gasteiger partial charge on any atom is -0.460 e. The van der Waals surface area contributed by atoms with Crippen molar-refractivity contribution in [1.29, 1.82) is 0 Å². The van der Waals surface area contributed by atoms with Crippen molar-refractivity contribution in [2.45, 2.75) is 132 Å². The third-order valence-electron chi connectivity index (χ3n) is 14.1. The maximum Gasteiger partial charge on any atom is 0.316 e. The molecule has 0 aliphatic heterocycles. The lowest BCUT2D eigenvalue weighted by atomic mass is 9.34. The van der Waals surface area contributed by atoms with Gasteiger partial charge in [0.25, 0.3) is 0 Å². The Morgan fingerprint density at radius 2 is 1.52 bits per heavy atom. The molecule has 7 atom stereocenters. The van der Waals surface area contributed by atoms with Crippen LogP contribution in [0.5, 0.6) is 0 Å². The van der Waals surface area contributed by atoms with Crippen molar-refractivity contribution in [3.05, 3.63) is 47.0 Å². The molecule has 4 fully saturated rings. The molecule has 1 aromatic rings. The molecule has 3 heteroatoms. The number of esters is 1. The van der Waals surface area contributed by atoms with Crippen LogP contribution in [-0.4, -0.2) is 17.2 Å². The number of carbonyl (C=O) groups excluding carboxylic acids is 1. The molecule has 2 unspecified atom stereocenters. The Bertz CT molecular complexity index is 1200. The number of hydrogen-bond donors (Lipinski definition) is 1. The Morgan fingerprint density at radius 1 is 0.825 bits per heavy atom. The molecule has 3 nitrogen and oxygen atoms in total. The Morgan fingerprint density at radius 3 is 2.25 bits per heavy atom. The van der Waals surface area contributed by atoms with E-state index in [2.05, 4.69) is 60.6 Å². The fraction of sp³-hybridized carbons (Fsp3) is 0.757. The van der Waals surface area contributed by atoms with Gasteiger partial charge in [-0.25, -0.2) is 0 Å². The average molecular weight is 547 g/mol. The quantitative estimate of drug-likeness (QED) is 0.304. The van der Waals surface area contributed by atoms with Crippen molar-refractivity contribution in [1.82, 2.24) is 0 Å². The molecule has 5 aliphatic rings. The van der Waals surface area contributed by atoms with Gasteiger partial charge >= 0.3 is 5.97 Å². The normalized spacial score (nSPS) is 43.5. The molecule has 6 rings (SSSR count). The van der Waals surface area contributed by atoms with Crippen molar-refractivity contribution < 1.29 is 14.6 Å². The van der Waals surface area contributed by atoms with E-state index >= 15 is 0 Å². The summed E-state index contributed by atoms with van der Waals surface area (Å²) in [5, 5.41) is 11.0. The monoisotopic (exact) mass is 546 g/mol. The highest BCUT2D eigenvalue weighted by Crippen LogP contribution is 2.75. The summed E-state index contributed by atoms with van der Waals surface area (Å²) in [6.07, 6.45) is 11.7. The summed E-state index contributed by atoms with van der Waals surface area (Å²) in [5.41, 5.74) is 4.54. The van der Waals surface area contributed by atoms with Crippen LogP contribution >= 0.6 is 0 Å². The number of aliphatic hydroxyl groups is 1. The molecule has 0 amide bonds. The number of benzene rings is 1. The Balaban J connectivity index is 1.38. The lowest BCUT2D eigenvalue weighted by Crippen LogP contribution is -2.64. The number of hydrogen-bond acceptors (Lipinski definition) is 3. The first-order chi connectivity index (χ1) is 18.7. The van der Waals surface area contributed by atoms with Crippen LogP contribution in [0.3, 0.4) is 0 Å². The number of ether oxygens (including phenoxy) is 1. The average Bonchev–Trinajstić information content (AvgIpc) is 2.90. The second-order valence-corrected chi connectivity index (χ2v) is 16.8. The molecule has 0 heterocycles. The zero-order valence-corrected chi connectivity index (χ0v) is 26.4. The van der Waals surface area contributed by atoms with Crippen LogP contribution in [0, 0.1) is 44.3 Å². The summed E-state index contributed by atoms with van der Waals surface area (Å²) in [7, 11) is 0. The third-order valence-corrected chi connectivity index (χ3v) is 14.1. The summed E-state index contributed by atoms with van der Waals surface area (Å²) in [5.74, 6) is 1.26. The summed E-state index contributed by atoms with van der Waals surface area (Å²) in [6.45, 7) is 17.7. The van der Waals surface area contributed by atoms with Crippen LogP contribution in [0.25, 0.3) is 0 Å². The standard InChI is InChI=1S/C37H54O3/c1-32(2)19-21-37(31(39)40-24-25-11-9-8-10-12-25)22-20-35(6)26(27(37)23-32)13-14-29-34(5)17-16-30(38)33(3,4)28(34)15-18-36(29,35)7/h8-12,28-30,38H,13-24H2,1-7H3/t28?,29?,30-,34+,35-,36-,37+/m1/s1. The van der Waals surface area contributed by atoms with Gasteiger partial charge in [0, 0.05) is 0 Å². The third kappa shape index (κ3) is 3.88. The van der Waals surface area contributed by atoms with Gasteiger partial charge in [-0.15, -0.1) is 0 Å². The molecule has 1 N–H and O–H groups in total. The summed E-state index contributed by atoms with van der Waals surface area (Å²) in [6, 6.07) is 10.2. The smallest absolute Gasteiger partial charge is 0.316 e. The van der Waals surface area contributed by atoms with Gasteiger partial charge in [-0.05, 0) is 115 Å². The molecule has 0 radical (unpaired) electrons. The number of aliphatic hydroxyl groups excluding tert-OH is 1. The Kier molecular flexibility index (Phi) is 6.55. The van der Waals surface area contributed by atoms with E-state index in [0.29, 0.717) is 18.4 Å². The molecule has 0 spiro atoms. The van der Waals surface area contributed by atoms with E-state index in [0.717, 1.165) is 56.9 Å². The van der Waals surface area contributed by atoms with Crippen LogP contribution in [0.2, 0.25) is 0 Å². The van der Waals surface area contributed by atoms with Gasteiger partial charge in [-0.2, -0.15) is 0 Å². The lowest BCUT2D eigenvalue weighted by Gasteiger charge is -2.71. The van der Waals surface area contributed by atoms with E-state index in [4.69, 9.17) is 4.74 Å². The number of allylic oxidation sites excluding steroid dienone is 1. The highest BCUT2D eigenvalue weighted by atomic mass is 16.5. The van der Waals surface area contributed by atoms with Gasteiger partial charge in [-0.1, -0.05) is 89.9 Å². The van der Waals surface area contributed by atoms with Gasteiger partial charge in [0.1, 0.15) is 6.61 Å². The zero-order chi connectivity index (χ0) is 28.8. The number of carbonyl (C=O) groups is 1. The minimum absolute atomic E-state index is 0.0222. The number of rotatable bonds is 3. The first kappa shape index (κ1) is 28.5. The maximum atomic E-state index is 14.1. The Hall–Kier alpha value is -1.61. The topological polar surface area (TPSA) is 46.5 Å². The van der Waals surface area contributed by atoms with E-state index in [1.54, 1.807) is 5.57 Å². The van der Waals surface area contributed by atoms with Crippen LogP contribution in [0.1, 0.15) is 125 Å². The molecule has 0 bridgehead atoms. The highest BCUT2D eigenvalue weighted by Gasteiger charge is 2.68. The SMILES string of the molecule is CC1(C)CC[C@]2(C(=O)OCc3ccccc3)CC[C@]3(C)C(=C2C1)CCC1[C@@]2(C)CC[C@@H](O)C(C)(C)C2CC[C@]13C. The summed E-state index contributed by atoms with van der Waals surface area (Å²) < 4.78 is 6.16. The van der Waals surface area contributed by atoms with Gasteiger partial charge < -0.3 is 9.84 Å². The van der Waals surface area contributed by atoms with Crippen LogP contribution in [0.4, 0.5) is 0 Å². The van der Waals surface area contributed by atoms with Crippen LogP contribution < -0.4 is 0 Å². The second-order valence-electron chi connectivity index (χ2n) is 16.8. The van der Waals surface area contributed by atoms with Crippen LogP contribution in [-0.2, 0) is 16.1 Å². The molecule has 5 aliphatic carbocycles. The van der Waals surface area contributed by atoms with E-state index in [1.165, 1.54) is 24.8 Å². The maximum absolute atomic E-state index is 14.1. The molecule has 40 heavy (non-hydrogen) atoms. The fourth-order valence-corrected chi connectivity index (χ4v) is 11.4. The van der Waals surface area contributed by atoms with Crippen molar-refractivity contribution in [3.8, 4) is 0 Å². The van der Waals surface area contributed by atoms with Gasteiger partial charge in [-0.3, -0.25) is 4.79 Å². The molecule has 1 aromatic carbocycles. The Labute approximate surface area is 243 Å². The number of fused-ring (bicyclic) bond motifs is 6. The minimum atomic E-state index is -0.444. The summed E-state index contributed by atoms with van der Waals surface area (Å²) >= 11 is 0. The lowest BCUT2D eigenvalue weighted by molar-refractivity contribution is -0.205. The van der Waals surface area contributed by atoms with Gasteiger partial charge in [0.15, 0.2) is 0 Å². The molecular formula is C37H54O3. The first-order valence-corrected chi connectivity index (χ1v) is 16.3. The molecule has 4 saturated carbocycles. The van der Waals surface area contributed by atoms with E-state index in [1.807, 2.05) is 18.2 Å². The van der Waals surface area contributed by atoms with Gasteiger partial charge in [0.2, 0.25) is 0 Å². The zero-order valence-electron chi connectivity index (χ0n) is 26.4. The van der Waals surface area contributed by atoms with Gasteiger partial charge in [0.05, 0.1) is 11.5 Å². The first-order valence-electron chi connectivity index (χ1n) is 16.3. The van der Waals surface area contributed by atoms with Crippen molar-refractivity contribution in [3.63, 3.8) is 0 Å². The second kappa shape index (κ2) is 9.19. The van der Waals surface area contributed by atoms with Crippen molar-refractivity contribution in [2.75, 3.05) is 0 Å². The van der Waals surface area contributed by atoms with E-state index < -0.39 is 5.41 Å². The van der Waals surface area contributed by atoms with E-state index in [-0.39, 0.29) is 39.1 Å². The van der Waals surface area contributed by atoms with Crippen molar-refractivity contribution in [2.24, 2.45) is 44.3 Å². The molecule has 220 valence electrons. The molecule has 0 saturated heterocycles. The van der Waals surface area contributed by atoms with Crippen molar-refractivity contribution >= 4 is 5.97 Å². The fourth-order valence-electron chi connectivity index (χ4n) is 11.4. The highest BCUT2D eigenvalue weighted by molar-refractivity contribution is 5.82. The molecule has 0 aromatic heterocycles. The van der Waals surface area contributed by atoms with E-state index in [9.17, 15) is 9.90 Å². The summed E-state index contributed by atoms with van der Waals surface area (Å²) in [4.78, 5) is 14.1. The largest absolute Gasteiger partial charge is 0.460 e. The molecular weight excluding hydrogens is 492 g/mol. The predicted molar refractivity (Wildman–Crippen MR) is 161 cm³/mol.